The Balaban J connectivity index is 1.90. The fraction of sp³-hybridized carbons (Fsp3) is 0.200. The van der Waals surface area contributed by atoms with E-state index in [1.54, 1.807) is 62.4 Å². The molecular formula is C25H20Cl2N2O5S. The quantitative estimate of drug-likeness (QED) is 0.367. The van der Waals surface area contributed by atoms with Crippen molar-refractivity contribution in [3.63, 3.8) is 0 Å². The second kappa shape index (κ2) is 10.2. The molecule has 0 aliphatic carbocycles. The van der Waals surface area contributed by atoms with Crippen LogP contribution in [0.1, 0.15) is 37.9 Å². The standard InChI is InChI=1S/C25H20Cl2N2O5S/c1-4-33-24(32)21-13(2)28-25-29(22(21)16-6-8-17(9-7-16)34-14(3)30)23(31)20(35-25)12-15-5-10-18(26)19(27)11-15/h5-12,22H,4H2,1-3H3/t22-/m0/s1. The highest BCUT2D eigenvalue weighted by Gasteiger charge is 2.33. The van der Waals surface area contributed by atoms with Crippen molar-refractivity contribution in [3.05, 3.63) is 94.6 Å². The summed E-state index contributed by atoms with van der Waals surface area (Å²) in [7, 11) is 0. The van der Waals surface area contributed by atoms with Crippen LogP contribution >= 0.6 is 34.5 Å². The summed E-state index contributed by atoms with van der Waals surface area (Å²) in [6.07, 6.45) is 1.70. The molecule has 10 heteroatoms. The molecule has 2 aromatic carbocycles. The Labute approximate surface area is 214 Å². The van der Waals surface area contributed by atoms with Crippen molar-refractivity contribution >= 4 is 52.6 Å². The van der Waals surface area contributed by atoms with Crippen LogP contribution in [0.15, 0.2) is 63.5 Å². The van der Waals surface area contributed by atoms with E-state index in [9.17, 15) is 14.4 Å². The van der Waals surface area contributed by atoms with Gasteiger partial charge in [-0.15, -0.1) is 0 Å². The number of hydrogen-bond acceptors (Lipinski definition) is 7. The van der Waals surface area contributed by atoms with Gasteiger partial charge in [0.2, 0.25) is 0 Å². The third-order valence-corrected chi connectivity index (χ3v) is 6.94. The molecule has 1 aromatic heterocycles. The molecule has 0 spiro atoms. The van der Waals surface area contributed by atoms with E-state index < -0.39 is 18.0 Å². The fourth-order valence-corrected chi connectivity index (χ4v) is 5.10. The minimum atomic E-state index is -0.771. The van der Waals surface area contributed by atoms with Gasteiger partial charge in [0, 0.05) is 6.92 Å². The number of esters is 2. The van der Waals surface area contributed by atoms with Crippen LogP contribution in [0.25, 0.3) is 6.08 Å². The number of benzene rings is 2. The molecule has 180 valence electrons. The van der Waals surface area contributed by atoms with E-state index in [0.29, 0.717) is 42.0 Å². The molecule has 2 heterocycles. The highest BCUT2D eigenvalue weighted by molar-refractivity contribution is 7.07. The summed E-state index contributed by atoms with van der Waals surface area (Å²) in [5.41, 5.74) is 1.75. The zero-order chi connectivity index (χ0) is 25.3. The van der Waals surface area contributed by atoms with Gasteiger partial charge >= 0.3 is 11.9 Å². The van der Waals surface area contributed by atoms with Gasteiger partial charge in [0.25, 0.3) is 5.56 Å². The van der Waals surface area contributed by atoms with E-state index >= 15 is 0 Å². The lowest BCUT2D eigenvalue weighted by Gasteiger charge is -2.24. The van der Waals surface area contributed by atoms with Gasteiger partial charge in [0.1, 0.15) is 5.75 Å². The van der Waals surface area contributed by atoms with Gasteiger partial charge in [-0.05, 0) is 55.3 Å². The maximum atomic E-state index is 13.6. The van der Waals surface area contributed by atoms with Gasteiger partial charge in [0.15, 0.2) is 4.80 Å². The molecule has 0 radical (unpaired) electrons. The van der Waals surface area contributed by atoms with Gasteiger partial charge < -0.3 is 9.47 Å². The first-order valence-corrected chi connectivity index (χ1v) is 12.2. The van der Waals surface area contributed by atoms with Crippen molar-refractivity contribution in [1.29, 1.82) is 0 Å². The van der Waals surface area contributed by atoms with Gasteiger partial charge in [-0.25, -0.2) is 9.79 Å². The lowest BCUT2D eigenvalue weighted by Crippen LogP contribution is -2.39. The number of thiazole rings is 1. The molecule has 4 rings (SSSR count). The average Bonchev–Trinajstić information content (AvgIpc) is 3.10. The summed E-state index contributed by atoms with van der Waals surface area (Å²) in [5, 5.41) is 0.788. The molecule has 0 N–H and O–H groups in total. The van der Waals surface area contributed by atoms with Crippen LogP contribution in [0.5, 0.6) is 5.75 Å². The predicted octanol–water partition coefficient (Wildman–Crippen LogP) is 4.03. The maximum absolute atomic E-state index is 13.6. The Morgan fingerprint density at radius 2 is 1.86 bits per heavy atom. The normalized spacial score (nSPS) is 15.5. The molecule has 7 nitrogen and oxygen atoms in total. The summed E-state index contributed by atoms with van der Waals surface area (Å²) in [6, 6.07) is 10.9. The van der Waals surface area contributed by atoms with Crippen LogP contribution in [0.3, 0.4) is 0 Å². The van der Waals surface area contributed by atoms with E-state index in [1.807, 2.05) is 0 Å². The average molecular weight is 531 g/mol. The van der Waals surface area contributed by atoms with E-state index in [1.165, 1.54) is 22.8 Å². The molecular weight excluding hydrogens is 511 g/mol. The number of rotatable bonds is 5. The smallest absolute Gasteiger partial charge is 0.338 e. The van der Waals surface area contributed by atoms with E-state index in [4.69, 9.17) is 32.7 Å². The molecule has 1 atom stereocenters. The number of allylic oxidation sites excluding steroid dienone is 1. The second-order valence-corrected chi connectivity index (χ2v) is 9.46. The third-order valence-electron chi connectivity index (χ3n) is 5.22. The highest BCUT2D eigenvalue weighted by atomic mass is 35.5. The van der Waals surface area contributed by atoms with Crippen LogP contribution in [0.2, 0.25) is 10.0 Å². The Morgan fingerprint density at radius 1 is 1.14 bits per heavy atom. The lowest BCUT2D eigenvalue weighted by molar-refractivity contribution is -0.139. The summed E-state index contributed by atoms with van der Waals surface area (Å²) >= 11 is 13.3. The number of fused-ring (bicyclic) bond motifs is 1. The van der Waals surface area contributed by atoms with E-state index in [0.717, 1.165) is 0 Å². The number of carbonyl (C=O) groups excluding carboxylic acids is 2. The molecule has 0 fully saturated rings. The topological polar surface area (TPSA) is 87.0 Å². The van der Waals surface area contributed by atoms with Crippen molar-refractivity contribution in [2.45, 2.75) is 26.8 Å². The summed E-state index contributed by atoms with van der Waals surface area (Å²) < 4.78 is 12.3. The summed E-state index contributed by atoms with van der Waals surface area (Å²) in [6.45, 7) is 4.91. The molecule has 0 unspecified atom stereocenters. The zero-order valence-electron chi connectivity index (χ0n) is 19.0. The fourth-order valence-electron chi connectivity index (χ4n) is 3.74. The zero-order valence-corrected chi connectivity index (χ0v) is 21.3. The molecule has 0 saturated carbocycles. The van der Waals surface area contributed by atoms with Gasteiger partial charge in [-0.1, -0.05) is 52.7 Å². The first kappa shape index (κ1) is 24.9. The van der Waals surface area contributed by atoms with Crippen molar-refractivity contribution < 1.29 is 19.1 Å². The van der Waals surface area contributed by atoms with E-state index in [-0.39, 0.29) is 17.7 Å². The van der Waals surface area contributed by atoms with Crippen LogP contribution < -0.4 is 19.6 Å². The molecule has 0 amide bonds. The molecule has 0 saturated heterocycles. The first-order valence-electron chi connectivity index (χ1n) is 10.6. The minimum absolute atomic E-state index is 0.176. The van der Waals surface area contributed by atoms with Gasteiger partial charge in [-0.3, -0.25) is 14.2 Å². The van der Waals surface area contributed by atoms with Gasteiger partial charge in [-0.2, -0.15) is 0 Å². The molecule has 35 heavy (non-hydrogen) atoms. The Kier molecular flexibility index (Phi) is 7.25. The van der Waals surface area contributed by atoms with E-state index in [2.05, 4.69) is 4.99 Å². The first-order chi connectivity index (χ1) is 16.7. The highest BCUT2D eigenvalue weighted by Crippen LogP contribution is 2.31. The van der Waals surface area contributed by atoms with Crippen molar-refractivity contribution in [2.24, 2.45) is 4.99 Å². The lowest BCUT2D eigenvalue weighted by atomic mass is 9.96. The number of halogens is 2. The molecule has 1 aliphatic rings. The summed E-state index contributed by atoms with van der Waals surface area (Å²) in [4.78, 5) is 42.8. The second-order valence-electron chi connectivity index (χ2n) is 7.64. The Hall–Kier alpha value is -3.20. The van der Waals surface area contributed by atoms with Gasteiger partial charge in [0.05, 0.1) is 38.5 Å². The monoisotopic (exact) mass is 530 g/mol. The number of hydrogen-bond donors (Lipinski definition) is 0. The number of carbonyl (C=O) groups is 2. The van der Waals surface area contributed by atoms with Crippen molar-refractivity contribution in [1.82, 2.24) is 4.57 Å². The number of ether oxygens (including phenoxy) is 2. The Morgan fingerprint density at radius 3 is 2.49 bits per heavy atom. The minimum Gasteiger partial charge on any atom is -0.463 e. The van der Waals surface area contributed by atoms with Crippen LogP contribution in [0, 0.1) is 0 Å². The van der Waals surface area contributed by atoms with Crippen LogP contribution in [-0.2, 0) is 14.3 Å². The number of nitrogens with zero attached hydrogens (tertiary/aromatic N) is 2. The molecule has 1 aliphatic heterocycles. The SMILES string of the molecule is CCOC(=O)C1=C(C)N=c2sc(=Cc3ccc(Cl)c(Cl)c3)c(=O)n2[C@H]1c1ccc(OC(C)=O)cc1. The molecule has 0 bridgehead atoms. The maximum Gasteiger partial charge on any atom is 0.338 e. The molecule has 3 aromatic rings. The summed E-state index contributed by atoms with van der Waals surface area (Å²) in [5.74, 6) is -0.649. The predicted molar refractivity (Wildman–Crippen MR) is 135 cm³/mol. The van der Waals surface area contributed by atoms with Crippen LogP contribution in [-0.4, -0.2) is 23.1 Å². The van der Waals surface area contributed by atoms with Crippen molar-refractivity contribution in [2.75, 3.05) is 6.61 Å². The van der Waals surface area contributed by atoms with Crippen molar-refractivity contribution in [3.8, 4) is 5.75 Å². The Bertz CT molecular complexity index is 1540. The third kappa shape index (κ3) is 5.10. The van der Waals surface area contributed by atoms with Crippen LogP contribution in [0.4, 0.5) is 0 Å². The number of aromatic nitrogens is 1. The largest absolute Gasteiger partial charge is 0.463 e.